The van der Waals surface area contributed by atoms with E-state index in [4.69, 9.17) is 62.1 Å². The van der Waals surface area contributed by atoms with Crippen molar-refractivity contribution in [3.05, 3.63) is 180 Å². The molecule has 11 bridgehead atoms. The van der Waals surface area contributed by atoms with Crippen LogP contribution in [0.5, 0.6) is 46.0 Å². The maximum absolute atomic E-state index is 15.9. The predicted molar refractivity (Wildman–Crippen MR) is 356 cm³/mol. The number of nitrogens with one attached hydrogen (secondary N) is 6. The summed E-state index contributed by atoms with van der Waals surface area (Å²) >= 11 is 13.8. The number of aromatic hydroxyl groups is 1. The average Bonchev–Trinajstić information content (AvgIpc) is 0.762. The summed E-state index contributed by atoms with van der Waals surface area (Å²) in [5, 5.41) is 51.5. The fourth-order valence-electron chi connectivity index (χ4n) is 10.7. The summed E-state index contributed by atoms with van der Waals surface area (Å²) in [6, 6.07) is 2.65. The van der Waals surface area contributed by atoms with E-state index in [2.05, 4.69) is 64.8 Å². The van der Waals surface area contributed by atoms with Gasteiger partial charge in [-0.05, 0) is 89.2 Å². The van der Waals surface area contributed by atoms with Crippen molar-refractivity contribution in [1.82, 2.24) is 36.8 Å². The highest BCUT2D eigenvalue weighted by Gasteiger charge is 2.43. The molecule has 0 saturated heterocycles. The second kappa shape index (κ2) is 32.7. The van der Waals surface area contributed by atoms with E-state index in [-0.39, 0.29) is 123 Å². The Balaban J connectivity index is 1.39. The minimum atomic E-state index is -2.18. The quantitative estimate of drug-likeness (QED) is 0.0271. The highest BCUT2D eigenvalue weighted by Crippen LogP contribution is 2.48. The predicted octanol–water partition coefficient (Wildman–Crippen LogP) is 6.65. The summed E-state index contributed by atoms with van der Waals surface area (Å²) in [5.41, 5.74) is 4.97. The number of primary amides is 1. The molecule has 0 saturated carbocycles. The number of rotatable bonds is 21. The molecule has 516 valence electrons. The number of carbonyl (C=O) groups is 9. The van der Waals surface area contributed by atoms with Crippen LogP contribution in [0.3, 0.4) is 0 Å². The van der Waals surface area contributed by atoms with Gasteiger partial charge in [0.2, 0.25) is 47.1 Å². The number of nitrogens with zero attached hydrogens (tertiary/aromatic N) is 1. The zero-order valence-corrected chi connectivity index (χ0v) is 54.8. The Bertz CT molecular complexity index is 3990. The van der Waals surface area contributed by atoms with Crippen LogP contribution in [-0.2, 0) is 47.8 Å². The summed E-state index contributed by atoms with van der Waals surface area (Å²) in [6.07, 6.45) is 0.728. The fraction of sp³-hybridized carbons (Fsp3) is 0.290. The van der Waals surface area contributed by atoms with Crippen LogP contribution < -0.4 is 61.3 Å². The summed E-state index contributed by atoms with van der Waals surface area (Å²) in [6.45, 7) is 21.0. The molecule has 11 N–H and O–H groups in total. The number of benzene rings is 5. The molecule has 0 unspecified atom stereocenters. The molecular formula is C69H72Cl2N8O19. The highest BCUT2D eigenvalue weighted by atomic mass is 35.5. The number of nitrogens with two attached hydrogens (primary N) is 1. The first-order chi connectivity index (χ1) is 46.8. The number of amides is 8. The first-order valence-corrected chi connectivity index (χ1v) is 31.2. The van der Waals surface area contributed by atoms with Gasteiger partial charge < -0.3 is 86.1 Å². The molecule has 0 aromatic heterocycles. The van der Waals surface area contributed by atoms with E-state index in [1.165, 1.54) is 98.1 Å². The summed E-state index contributed by atoms with van der Waals surface area (Å²) in [4.78, 5) is 133. The number of hydrogen-bond acceptors (Lipinski definition) is 19. The number of phenols is 1. The molecule has 10 rings (SSSR count). The van der Waals surface area contributed by atoms with Crippen LogP contribution in [0.25, 0.3) is 11.1 Å². The lowest BCUT2D eigenvalue weighted by Gasteiger charge is -2.32. The lowest BCUT2D eigenvalue weighted by Crippen LogP contribution is -2.59. The first kappa shape index (κ1) is 72.9. The molecular weight excluding hydrogens is 1320 g/mol. The van der Waals surface area contributed by atoms with E-state index in [0.717, 1.165) is 23.1 Å². The third-order valence-electron chi connectivity index (χ3n) is 15.4. The van der Waals surface area contributed by atoms with Gasteiger partial charge in [-0.15, -0.1) is 0 Å². The topological polar surface area (TPSA) is 380 Å². The summed E-state index contributed by atoms with van der Waals surface area (Å²) < 4.78 is 41.9. The average molecular weight is 1390 g/mol. The van der Waals surface area contributed by atoms with Crippen LogP contribution in [0.2, 0.25) is 10.0 Å². The Kier molecular flexibility index (Phi) is 24.4. The molecule has 5 aromatic carbocycles. The number of halogens is 2. The van der Waals surface area contributed by atoms with Crippen molar-refractivity contribution in [2.45, 2.75) is 81.2 Å². The van der Waals surface area contributed by atoms with Gasteiger partial charge in [0.25, 0.3) is 0 Å². The third kappa shape index (κ3) is 17.0. The molecule has 8 amide bonds. The Hall–Kier alpha value is -10.9. The lowest BCUT2D eigenvalue weighted by atomic mass is 9.89. The number of likely N-dealkylation sites (N-methyl/N-ethyl adjacent to an activating group) is 1. The van der Waals surface area contributed by atoms with E-state index in [0.29, 0.717) is 0 Å². The maximum atomic E-state index is 15.9. The molecule has 0 spiro atoms. The Labute approximate surface area is 572 Å². The lowest BCUT2D eigenvalue weighted by molar-refractivity contribution is -0.147. The van der Waals surface area contributed by atoms with Crippen molar-refractivity contribution < 1.29 is 91.6 Å². The van der Waals surface area contributed by atoms with Crippen LogP contribution >= 0.6 is 23.2 Å². The maximum Gasteiger partial charge on any atom is 0.410 e. The van der Waals surface area contributed by atoms with Crippen molar-refractivity contribution in [1.29, 1.82) is 0 Å². The van der Waals surface area contributed by atoms with Crippen LogP contribution in [-0.4, -0.2) is 138 Å². The number of aliphatic hydroxyl groups excluding tert-OH is 2. The van der Waals surface area contributed by atoms with E-state index in [9.17, 15) is 39.3 Å². The Morgan fingerprint density at radius 1 is 0.622 bits per heavy atom. The smallest absolute Gasteiger partial charge is 0.410 e. The molecule has 0 aliphatic carbocycles. The van der Waals surface area contributed by atoms with Crippen molar-refractivity contribution in [2.75, 3.05) is 40.1 Å². The normalized spacial score (nSPS) is 20.0. The number of carbonyl (C=O) groups excluding carboxylic acids is 9. The second-order valence-electron chi connectivity index (χ2n) is 22.8. The molecule has 27 nitrogen and oxygen atoms in total. The van der Waals surface area contributed by atoms with Crippen molar-refractivity contribution in [3.63, 3.8) is 0 Å². The van der Waals surface area contributed by atoms with E-state index in [1.54, 1.807) is 13.8 Å². The number of fused-ring (bicyclic) bond motifs is 15. The van der Waals surface area contributed by atoms with Gasteiger partial charge in [-0.2, -0.15) is 0 Å². The number of phenolic OH excluding ortho intramolecular Hbond substituents is 1. The largest absolute Gasteiger partial charge is 0.502 e. The number of hydrogen-bond donors (Lipinski definition) is 10. The van der Waals surface area contributed by atoms with Crippen molar-refractivity contribution in [3.8, 4) is 57.1 Å². The van der Waals surface area contributed by atoms with E-state index in [1.807, 2.05) is 0 Å². The van der Waals surface area contributed by atoms with Crippen LogP contribution in [0.15, 0.2) is 142 Å². The summed E-state index contributed by atoms with van der Waals surface area (Å²) in [5.74, 6) is -12.3. The van der Waals surface area contributed by atoms with E-state index >= 15 is 19.2 Å². The summed E-state index contributed by atoms with van der Waals surface area (Å²) in [7, 11) is 1.27. The molecule has 5 heterocycles. The zero-order chi connectivity index (χ0) is 71.2. The van der Waals surface area contributed by atoms with Gasteiger partial charge >= 0.3 is 12.1 Å². The van der Waals surface area contributed by atoms with Gasteiger partial charge in [0, 0.05) is 29.8 Å². The monoisotopic (exact) mass is 1390 g/mol. The van der Waals surface area contributed by atoms with Crippen LogP contribution in [0.4, 0.5) is 4.79 Å². The van der Waals surface area contributed by atoms with Gasteiger partial charge in [0.15, 0.2) is 17.5 Å². The number of ether oxygens (including phenoxy) is 7. The van der Waals surface area contributed by atoms with Crippen LogP contribution in [0, 0.1) is 5.92 Å². The minimum absolute atomic E-state index is 0.0115. The third-order valence-corrected chi connectivity index (χ3v) is 16.0. The molecule has 29 heteroatoms. The molecule has 0 radical (unpaired) electrons. The molecule has 9 atom stereocenters. The Morgan fingerprint density at radius 3 is 1.77 bits per heavy atom. The zero-order valence-electron chi connectivity index (χ0n) is 53.3. The SMILES string of the molecule is C=CCOC(=O)[C@H]1NC(=O)[C@H]2NC(=O)[C@H](NC(=O)[C@@H]3NC(=O)[C@H](CC(N)=O)NC(=O)[C@H](NC(=O)[C@@H](CC(C)C)N(C)C(=O)OCC=C)[C@H](O)c4ccc(c(Cl)c4)Oc4cc3cc(c4O)Oc3ccc(cc3Cl)[C@H]2O)c2ccc(OCC=C)c(c2)-c2c(OCC=C)cc(OCC=C)cc21. The Morgan fingerprint density at radius 2 is 1.17 bits per heavy atom. The van der Waals surface area contributed by atoms with Crippen LogP contribution in [0.1, 0.15) is 84.8 Å². The second-order valence-corrected chi connectivity index (χ2v) is 23.7. The fourth-order valence-corrected chi connectivity index (χ4v) is 11.2. The standard InChI is InChI=1S/C69H72Cl2N8O19/c1-9-20-92-39-31-41-53(49(32-39)94-22-11-3)40-26-35(14-17-46(40)93-21-10-2)54-64(86)78-58(67(89)76-56(41)68(90)95-23-12-4)60(82)37-16-19-48(43(71)28-37)98-51-30-38-29-50(61(51)83)97-47-18-15-36(27-42(47)70)59(81)57(77-63(85)45(25-34(6)7)79(8)69(91)96-24-13-5)66(88)73-44(33-52(72)80)62(84)74-55(38)65(87)75-54/h9-19,26-32,34,44-45,54-60,81-83H,1-5,20-25,33H2,6-8H3,(H2,72,80)(H,73,88)(H,74,84)(H,75,87)(H,76,89)(H,77,85)(H,78,86)/t44-,45+,54+,55+,56-,57+,58-,59+,60+/m0/s1. The highest BCUT2D eigenvalue weighted by molar-refractivity contribution is 6.32. The van der Waals surface area contributed by atoms with Gasteiger partial charge in [0.05, 0.1) is 16.5 Å². The molecule has 98 heavy (non-hydrogen) atoms. The molecule has 5 aliphatic rings. The minimum Gasteiger partial charge on any atom is -0.502 e. The van der Waals surface area contributed by atoms with Crippen molar-refractivity contribution in [2.24, 2.45) is 11.7 Å². The van der Waals surface area contributed by atoms with E-state index < -0.39 is 132 Å². The number of esters is 1. The molecule has 0 fully saturated rings. The first-order valence-electron chi connectivity index (χ1n) is 30.4. The van der Waals surface area contributed by atoms with Gasteiger partial charge in [0.1, 0.15) is 110 Å². The van der Waals surface area contributed by atoms with Gasteiger partial charge in [-0.3, -0.25) is 38.5 Å². The molecule has 5 aliphatic heterocycles. The van der Waals surface area contributed by atoms with Gasteiger partial charge in [-0.25, -0.2) is 9.59 Å². The number of aliphatic hydroxyl groups is 2. The van der Waals surface area contributed by atoms with Crippen molar-refractivity contribution >= 4 is 76.6 Å². The molecule has 5 aromatic rings. The van der Waals surface area contributed by atoms with Gasteiger partial charge in [-0.1, -0.05) is 119 Å².